The molecule has 0 amide bonds. The van der Waals surface area contributed by atoms with Gasteiger partial charge in [-0.25, -0.2) is 0 Å². The number of aromatic nitrogens is 2. The Labute approximate surface area is 292 Å². The number of para-hydroxylation sites is 1. The van der Waals surface area contributed by atoms with Crippen LogP contribution in [-0.4, -0.2) is 9.13 Å². The average molecular weight is 679 g/mol. The van der Waals surface area contributed by atoms with Crippen molar-refractivity contribution in [3.63, 3.8) is 0 Å². The molecule has 0 aliphatic rings. The Kier molecular flexibility index (Phi) is 5.17. The van der Waals surface area contributed by atoms with Gasteiger partial charge in [0.2, 0.25) is 0 Å². The normalized spacial score (nSPS) is 12.7. The number of hydrogen-bond acceptors (Lipinski definition) is 3. The molecular formula is C44H26N2S3. The van der Waals surface area contributed by atoms with Gasteiger partial charge < -0.3 is 9.13 Å². The molecule has 12 aromatic rings. The third-order valence-electron chi connectivity index (χ3n) is 10.7. The predicted molar refractivity (Wildman–Crippen MR) is 218 cm³/mol. The molecule has 0 unspecified atom stereocenters. The quantitative estimate of drug-likeness (QED) is 0.172. The van der Waals surface area contributed by atoms with E-state index in [0.29, 0.717) is 0 Å². The van der Waals surface area contributed by atoms with Crippen LogP contribution in [-0.2, 0) is 6.54 Å². The molecular weight excluding hydrogens is 653 g/mol. The molecule has 7 aromatic carbocycles. The van der Waals surface area contributed by atoms with Gasteiger partial charge in [0.1, 0.15) is 0 Å². The molecule has 0 fully saturated rings. The molecule has 5 heterocycles. The SMILES string of the molecule is CCn1c2cc3sc4cc5c(cc4c3cc2c2c3sc4ccccc4c3ccc21)c1c2sc3ccccc3c2ccc1n5-c1ccccc1. The summed E-state index contributed by atoms with van der Waals surface area (Å²) in [6, 6.07) is 47.9. The summed E-state index contributed by atoms with van der Waals surface area (Å²) in [6.45, 7) is 3.22. The first-order valence-corrected chi connectivity index (χ1v) is 19.3. The van der Waals surface area contributed by atoms with Gasteiger partial charge in [0.25, 0.3) is 0 Å². The zero-order chi connectivity index (χ0) is 32.0. The highest BCUT2D eigenvalue weighted by Gasteiger charge is 2.21. The van der Waals surface area contributed by atoms with Crippen molar-refractivity contribution in [2.45, 2.75) is 13.5 Å². The zero-order valence-electron chi connectivity index (χ0n) is 26.5. The van der Waals surface area contributed by atoms with Gasteiger partial charge in [-0.15, -0.1) is 34.0 Å². The lowest BCUT2D eigenvalue weighted by Gasteiger charge is -2.07. The largest absolute Gasteiger partial charge is 0.341 e. The Morgan fingerprint density at radius 3 is 1.61 bits per heavy atom. The topological polar surface area (TPSA) is 9.86 Å². The molecule has 0 atom stereocenters. The van der Waals surface area contributed by atoms with Gasteiger partial charge in [0.15, 0.2) is 0 Å². The van der Waals surface area contributed by atoms with Crippen LogP contribution < -0.4 is 0 Å². The molecule has 2 nitrogen and oxygen atoms in total. The molecule has 0 bridgehead atoms. The van der Waals surface area contributed by atoms with Crippen LogP contribution in [0.25, 0.3) is 110 Å². The second-order valence-electron chi connectivity index (χ2n) is 13.1. The minimum atomic E-state index is 0.940. The molecule has 49 heavy (non-hydrogen) atoms. The number of nitrogens with zero attached hydrogens (tertiary/aromatic N) is 2. The van der Waals surface area contributed by atoms with E-state index in [1.165, 1.54) is 110 Å². The molecule has 230 valence electrons. The van der Waals surface area contributed by atoms with E-state index in [1.807, 2.05) is 34.0 Å². The second-order valence-corrected chi connectivity index (χ2v) is 16.3. The monoisotopic (exact) mass is 678 g/mol. The van der Waals surface area contributed by atoms with Crippen molar-refractivity contribution in [1.29, 1.82) is 0 Å². The maximum atomic E-state index is 2.52. The minimum absolute atomic E-state index is 0.940. The van der Waals surface area contributed by atoms with Crippen LogP contribution in [0.5, 0.6) is 0 Å². The van der Waals surface area contributed by atoms with Crippen molar-refractivity contribution >= 4 is 138 Å². The summed E-state index contributed by atoms with van der Waals surface area (Å²) in [7, 11) is 0. The van der Waals surface area contributed by atoms with E-state index >= 15 is 0 Å². The van der Waals surface area contributed by atoms with Crippen LogP contribution in [0.2, 0.25) is 0 Å². The lowest BCUT2D eigenvalue weighted by molar-refractivity contribution is 0.828. The van der Waals surface area contributed by atoms with E-state index in [9.17, 15) is 0 Å². The van der Waals surface area contributed by atoms with Crippen LogP contribution >= 0.6 is 34.0 Å². The number of rotatable bonds is 2. The summed E-state index contributed by atoms with van der Waals surface area (Å²) in [5, 5.41) is 13.5. The number of aryl methyl sites for hydroxylation is 1. The van der Waals surface area contributed by atoms with Gasteiger partial charge in [-0.2, -0.15) is 0 Å². The Morgan fingerprint density at radius 2 is 0.959 bits per heavy atom. The Morgan fingerprint density at radius 1 is 0.408 bits per heavy atom. The van der Waals surface area contributed by atoms with Crippen LogP contribution in [0.15, 0.2) is 127 Å². The van der Waals surface area contributed by atoms with Crippen LogP contribution in [0.3, 0.4) is 0 Å². The summed E-state index contributed by atoms with van der Waals surface area (Å²) >= 11 is 5.79. The molecule has 0 spiro atoms. The molecule has 0 radical (unpaired) electrons. The maximum Gasteiger partial charge on any atom is 0.0556 e. The summed E-state index contributed by atoms with van der Waals surface area (Å²) in [5.74, 6) is 0. The van der Waals surface area contributed by atoms with Crippen molar-refractivity contribution in [2.75, 3.05) is 0 Å². The second kappa shape index (κ2) is 9.48. The van der Waals surface area contributed by atoms with E-state index in [4.69, 9.17) is 0 Å². The standard InChI is InChI=1S/C44H26N2S3/c1-2-45-33-18-16-27-25-12-6-8-14-37(25)48-43(27)41(33)31-20-29-30-21-32-36(23-40(30)47-39(29)22-35(31)45)46(24-10-4-3-5-11-24)34-19-17-28-26-13-7-9-15-38(26)49-44(28)42(32)34/h3-23H,2H2,1H3. The lowest BCUT2D eigenvalue weighted by Crippen LogP contribution is -1.92. The van der Waals surface area contributed by atoms with Crippen molar-refractivity contribution in [2.24, 2.45) is 0 Å². The van der Waals surface area contributed by atoms with Gasteiger partial charge in [-0.1, -0.05) is 66.7 Å². The first-order valence-electron chi connectivity index (χ1n) is 16.8. The third-order valence-corrected chi connectivity index (χ3v) is 14.2. The summed E-state index contributed by atoms with van der Waals surface area (Å²) in [5.41, 5.74) is 6.40. The van der Waals surface area contributed by atoms with Crippen LogP contribution in [0, 0.1) is 0 Å². The third kappa shape index (κ3) is 3.40. The highest BCUT2D eigenvalue weighted by atomic mass is 32.1. The van der Waals surface area contributed by atoms with E-state index in [0.717, 1.165) is 6.54 Å². The fourth-order valence-electron chi connectivity index (χ4n) is 8.60. The molecule has 5 heteroatoms. The first kappa shape index (κ1) is 26.7. The van der Waals surface area contributed by atoms with Gasteiger partial charge in [-0.3, -0.25) is 0 Å². The number of hydrogen-bond donors (Lipinski definition) is 0. The predicted octanol–water partition coefficient (Wildman–Crippen LogP) is 14.0. The molecule has 0 saturated heterocycles. The van der Waals surface area contributed by atoms with E-state index < -0.39 is 0 Å². The van der Waals surface area contributed by atoms with Crippen molar-refractivity contribution in [1.82, 2.24) is 9.13 Å². The van der Waals surface area contributed by atoms with Gasteiger partial charge in [0.05, 0.1) is 22.1 Å². The lowest BCUT2D eigenvalue weighted by atomic mass is 10.0. The van der Waals surface area contributed by atoms with Gasteiger partial charge >= 0.3 is 0 Å². The van der Waals surface area contributed by atoms with Gasteiger partial charge in [0, 0.05) is 94.3 Å². The average Bonchev–Trinajstić information content (AvgIpc) is 3.93. The van der Waals surface area contributed by atoms with Crippen LogP contribution in [0.1, 0.15) is 6.92 Å². The highest BCUT2D eigenvalue weighted by molar-refractivity contribution is 7.27. The molecule has 12 rings (SSSR count). The molecule has 0 aliphatic heterocycles. The molecule has 0 saturated carbocycles. The number of fused-ring (bicyclic) bond motifs is 17. The minimum Gasteiger partial charge on any atom is -0.341 e. The van der Waals surface area contributed by atoms with Crippen molar-refractivity contribution in [3.05, 3.63) is 127 Å². The van der Waals surface area contributed by atoms with Gasteiger partial charge in [-0.05, 0) is 67.6 Å². The summed E-state index contributed by atoms with van der Waals surface area (Å²) in [6.07, 6.45) is 0. The Hall–Kier alpha value is -5.20. The fourth-order valence-corrected chi connectivity index (χ4v) is 12.3. The number of benzene rings is 7. The fraction of sp³-hybridized carbons (Fsp3) is 0.0455. The van der Waals surface area contributed by atoms with Crippen LogP contribution in [0.4, 0.5) is 0 Å². The van der Waals surface area contributed by atoms with Crippen molar-refractivity contribution in [3.8, 4) is 5.69 Å². The summed E-state index contributed by atoms with van der Waals surface area (Å²) in [4.78, 5) is 0. The smallest absolute Gasteiger partial charge is 0.0556 e. The zero-order valence-corrected chi connectivity index (χ0v) is 28.9. The first-order chi connectivity index (χ1) is 24.2. The van der Waals surface area contributed by atoms with Crippen molar-refractivity contribution < 1.29 is 0 Å². The Bertz CT molecular complexity index is 3370. The van der Waals surface area contributed by atoms with E-state index in [2.05, 4.69) is 143 Å². The maximum absolute atomic E-state index is 2.52. The van der Waals surface area contributed by atoms with E-state index in [-0.39, 0.29) is 0 Å². The molecule has 0 aliphatic carbocycles. The summed E-state index contributed by atoms with van der Waals surface area (Å²) < 4.78 is 13.2. The highest BCUT2D eigenvalue weighted by Crippen LogP contribution is 2.48. The Balaban J connectivity index is 1.25. The van der Waals surface area contributed by atoms with E-state index in [1.54, 1.807) is 0 Å². The molecule has 0 N–H and O–H groups in total. The molecule has 5 aromatic heterocycles. The number of thiophene rings is 3.